The number of likely N-dealkylation sites (N-methyl/N-ethyl adjacent to an activating group) is 1. The summed E-state index contributed by atoms with van der Waals surface area (Å²) in [5.41, 5.74) is 1.57. The largest absolute Gasteiger partial charge is 0.390 e. The molecule has 1 aliphatic heterocycles. The number of carbonyl (C=O) groups excluding carboxylic acids is 1. The topological polar surface area (TPSA) is 81.6 Å². The Morgan fingerprint density at radius 3 is 2.81 bits per heavy atom. The van der Waals surface area contributed by atoms with Gasteiger partial charge in [0.1, 0.15) is 10.8 Å². The summed E-state index contributed by atoms with van der Waals surface area (Å²) in [7, 11) is 3.92. The van der Waals surface area contributed by atoms with E-state index in [4.69, 9.17) is 0 Å². The standard InChI is InChI=1S/C18H25N5O2S/c1-4-13-11-26-17(21-13)8-20-18(25)12-5-6-16(19-7-12)23-9-14(22(2)3)15(24)10-23/h5-7,11,14-15,24H,4,8-10H2,1-3H3,(H,20,25)/t14-,15-/m1/s1. The summed E-state index contributed by atoms with van der Waals surface area (Å²) in [4.78, 5) is 25.2. The molecule has 7 nitrogen and oxygen atoms in total. The number of anilines is 1. The van der Waals surface area contributed by atoms with Gasteiger partial charge in [-0.1, -0.05) is 6.92 Å². The van der Waals surface area contributed by atoms with Crippen LogP contribution in [0.25, 0.3) is 0 Å². The lowest BCUT2D eigenvalue weighted by Gasteiger charge is -2.21. The Hall–Kier alpha value is -2.03. The molecule has 0 unspecified atom stereocenters. The molecule has 2 aromatic rings. The summed E-state index contributed by atoms with van der Waals surface area (Å²) >= 11 is 1.56. The Bertz CT molecular complexity index is 746. The lowest BCUT2D eigenvalue weighted by Crippen LogP contribution is -2.38. The molecule has 1 fully saturated rings. The van der Waals surface area contributed by atoms with Gasteiger partial charge in [0.15, 0.2) is 0 Å². The first kappa shape index (κ1) is 18.8. The lowest BCUT2D eigenvalue weighted by atomic mass is 10.2. The van der Waals surface area contributed by atoms with Gasteiger partial charge in [0.25, 0.3) is 5.91 Å². The molecule has 0 saturated carbocycles. The van der Waals surface area contributed by atoms with Crippen molar-refractivity contribution in [3.63, 3.8) is 0 Å². The summed E-state index contributed by atoms with van der Waals surface area (Å²) in [6, 6.07) is 3.69. The number of nitrogens with zero attached hydrogens (tertiary/aromatic N) is 4. The van der Waals surface area contributed by atoms with Crippen LogP contribution in [-0.2, 0) is 13.0 Å². The summed E-state index contributed by atoms with van der Waals surface area (Å²) in [5, 5.41) is 16.0. The molecule has 0 aliphatic carbocycles. The minimum Gasteiger partial charge on any atom is -0.390 e. The fourth-order valence-electron chi connectivity index (χ4n) is 3.02. The van der Waals surface area contributed by atoms with Crippen molar-refractivity contribution < 1.29 is 9.90 Å². The van der Waals surface area contributed by atoms with Crippen LogP contribution < -0.4 is 10.2 Å². The molecule has 2 N–H and O–H groups in total. The maximum atomic E-state index is 12.3. The minimum atomic E-state index is -0.402. The zero-order chi connectivity index (χ0) is 18.7. The van der Waals surface area contributed by atoms with E-state index < -0.39 is 6.10 Å². The molecule has 3 rings (SSSR count). The highest BCUT2D eigenvalue weighted by Gasteiger charge is 2.33. The van der Waals surface area contributed by atoms with E-state index in [2.05, 4.69) is 22.2 Å². The van der Waals surface area contributed by atoms with Gasteiger partial charge in [-0.25, -0.2) is 9.97 Å². The second kappa shape index (κ2) is 8.11. The zero-order valence-electron chi connectivity index (χ0n) is 15.3. The number of carbonyl (C=O) groups is 1. The fourth-order valence-corrected chi connectivity index (χ4v) is 3.84. The molecule has 3 heterocycles. The van der Waals surface area contributed by atoms with Crippen LogP contribution in [0.3, 0.4) is 0 Å². The van der Waals surface area contributed by atoms with Crippen molar-refractivity contribution in [2.24, 2.45) is 0 Å². The monoisotopic (exact) mass is 375 g/mol. The van der Waals surface area contributed by atoms with Crippen LogP contribution in [0.2, 0.25) is 0 Å². The fraction of sp³-hybridized carbons (Fsp3) is 0.500. The Balaban J connectivity index is 1.58. The Morgan fingerprint density at radius 1 is 1.42 bits per heavy atom. The molecule has 0 aromatic carbocycles. The van der Waals surface area contributed by atoms with Gasteiger partial charge < -0.3 is 20.2 Å². The molecule has 0 radical (unpaired) electrons. The van der Waals surface area contributed by atoms with Crippen molar-refractivity contribution in [1.82, 2.24) is 20.2 Å². The second-order valence-electron chi connectivity index (χ2n) is 6.68. The quantitative estimate of drug-likeness (QED) is 0.788. The molecule has 140 valence electrons. The maximum Gasteiger partial charge on any atom is 0.253 e. The van der Waals surface area contributed by atoms with Gasteiger partial charge in [-0.15, -0.1) is 11.3 Å². The van der Waals surface area contributed by atoms with Gasteiger partial charge in [-0.2, -0.15) is 0 Å². The molecular weight excluding hydrogens is 350 g/mol. The van der Waals surface area contributed by atoms with Crippen LogP contribution in [-0.4, -0.2) is 65.2 Å². The summed E-state index contributed by atoms with van der Waals surface area (Å²) in [6.07, 6.45) is 2.08. The van der Waals surface area contributed by atoms with Crippen molar-refractivity contribution in [3.05, 3.63) is 40.0 Å². The number of hydrogen-bond acceptors (Lipinski definition) is 7. The molecule has 0 spiro atoms. The Kier molecular flexibility index (Phi) is 5.85. The van der Waals surface area contributed by atoms with Crippen molar-refractivity contribution >= 4 is 23.1 Å². The first-order chi connectivity index (χ1) is 12.5. The number of pyridine rings is 1. The molecule has 0 bridgehead atoms. The number of β-amino-alcohol motifs (C(OH)–C–C–N with tert-alkyl or cyclic N) is 1. The average Bonchev–Trinajstić information content (AvgIpc) is 3.26. The summed E-state index contributed by atoms with van der Waals surface area (Å²) < 4.78 is 0. The average molecular weight is 375 g/mol. The van der Waals surface area contributed by atoms with Crippen molar-refractivity contribution in [2.45, 2.75) is 32.0 Å². The molecular formula is C18H25N5O2S. The first-order valence-electron chi connectivity index (χ1n) is 8.75. The van der Waals surface area contributed by atoms with E-state index in [1.165, 1.54) is 0 Å². The van der Waals surface area contributed by atoms with Crippen LogP contribution in [0.5, 0.6) is 0 Å². The Morgan fingerprint density at radius 2 is 2.23 bits per heavy atom. The van der Waals surface area contributed by atoms with E-state index in [9.17, 15) is 9.90 Å². The number of aliphatic hydroxyl groups is 1. The smallest absolute Gasteiger partial charge is 0.253 e. The van der Waals surface area contributed by atoms with Crippen LogP contribution in [0.4, 0.5) is 5.82 Å². The van der Waals surface area contributed by atoms with Gasteiger partial charge in [0.05, 0.1) is 29.9 Å². The van der Waals surface area contributed by atoms with E-state index in [-0.39, 0.29) is 11.9 Å². The van der Waals surface area contributed by atoms with Crippen molar-refractivity contribution in [2.75, 3.05) is 32.1 Å². The number of nitrogens with one attached hydrogen (secondary N) is 1. The predicted molar refractivity (Wildman–Crippen MR) is 103 cm³/mol. The van der Waals surface area contributed by atoms with Crippen molar-refractivity contribution in [3.8, 4) is 0 Å². The Labute approximate surface area is 157 Å². The third-order valence-corrected chi connectivity index (χ3v) is 5.52. The molecule has 2 atom stereocenters. The number of aromatic nitrogens is 2. The molecule has 26 heavy (non-hydrogen) atoms. The number of rotatable bonds is 6. The highest BCUT2D eigenvalue weighted by atomic mass is 32.1. The molecule has 1 saturated heterocycles. The number of aliphatic hydroxyl groups excluding tert-OH is 1. The van der Waals surface area contributed by atoms with Gasteiger partial charge in [-0.3, -0.25) is 4.79 Å². The highest BCUT2D eigenvalue weighted by Crippen LogP contribution is 2.21. The van der Waals surface area contributed by atoms with Crippen LogP contribution >= 0.6 is 11.3 Å². The zero-order valence-corrected chi connectivity index (χ0v) is 16.2. The van der Waals surface area contributed by atoms with Crippen LogP contribution in [0.1, 0.15) is 28.0 Å². The van der Waals surface area contributed by atoms with E-state index in [0.29, 0.717) is 18.7 Å². The van der Waals surface area contributed by atoms with Gasteiger partial charge in [0.2, 0.25) is 0 Å². The van der Waals surface area contributed by atoms with E-state index >= 15 is 0 Å². The SMILES string of the molecule is CCc1csc(CNC(=O)c2ccc(N3C[C@@H](O)[C@H](N(C)C)C3)nc2)n1. The number of thiazole rings is 1. The van der Waals surface area contributed by atoms with Crippen LogP contribution in [0, 0.1) is 0 Å². The van der Waals surface area contributed by atoms with Gasteiger partial charge in [0, 0.05) is 24.7 Å². The first-order valence-corrected chi connectivity index (χ1v) is 9.63. The predicted octanol–water partition coefficient (Wildman–Crippen LogP) is 1.14. The minimum absolute atomic E-state index is 0.0890. The number of amides is 1. The van der Waals surface area contributed by atoms with E-state index in [1.54, 1.807) is 23.6 Å². The highest BCUT2D eigenvalue weighted by molar-refractivity contribution is 7.09. The molecule has 1 aliphatic rings. The number of aryl methyl sites for hydroxylation is 1. The molecule has 8 heteroatoms. The maximum absolute atomic E-state index is 12.3. The summed E-state index contributed by atoms with van der Waals surface area (Å²) in [5.74, 6) is 0.613. The number of hydrogen-bond donors (Lipinski definition) is 2. The van der Waals surface area contributed by atoms with Crippen LogP contribution in [0.15, 0.2) is 23.7 Å². The lowest BCUT2D eigenvalue weighted by molar-refractivity contribution is 0.0950. The third kappa shape index (κ3) is 4.20. The third-order valence-electron chi connectivity index (χ3n) is 4.62. The van der Waals surface area contributed by atoms with Gasteiger partial charge in [-0.05, 0) is 32.6 Å². The van der Waals surface area contributed by atoms with E-state index in [1.807, 2.05) is 35.3 Å². The van der Waals surface area contributed by atoms with Gasteiger partial charge >= 0.3 is 0 Å². The molecule has 2 aromatic heterocycles. The molecule has 1 amide bonds. The van der Waals surface area contributed by atoms with Crippen molar-refractivity contribution in [1.29, 1.82) is 0 Å². The summed E-state index contributed by atoms with van der Waals surface area (Å²) in [6.45, 7) is 3.75. The van der Waals surface area contributed by atoms with E-state index in [0.717, 1.165) is 29.5 Å². The second-order valence-corrected chi connectivity index (χ2v) is 7.62. The normalized spacial score (nSPS) is 20.0.